The molecule has 1 heterocycles. The Bertz CT molecular complexity index is 858. The molecule has 1 aliphatic heterocycles. The van der Waals surface area contributed by atoms with Crippen molar-refractivity contribution in [1.29, 1.82) is 0 Å². The molecule has 5 nitrogen and oxygen atoms in total. The van der Waals surface area contributed by atoms with Gasteiger partial charge in [-0.15, -0.1) is 0 Å². The summed E-state index contributed by atoms with van der Waals surface area (Å²) in [6.07, 6.45) is 1.88. The number of carbonyl (C=O) groups is 1. The van der Waals surface area contributed by atoms with E-state index in [4.69, 9.17) is 0 Å². The fraction of sp³-hybridized carbons (Fsp3) is 0.350. The number of benzene rings is 2. The van der Waals surface area contributed by atoms with Crippen LogP contribution in [-0.4, -0.2) is 38.1 Å². The number of rotatable bonds is 5. The second-order valence-corrected chi connectivity index (χ2v) is 8.57. The smallest absolute Gasteiger partial charge is 0.253 e. The Hall–Kier alpha value is -2.34. The Balaban J connectivity index is 1.65. The first-order valence-electron chi connectivity index (χ1n) is 8.93. The maximum absolute atomic E-state index is 12.8. The monoisotopic (exact) mass is 372 g/mol. The van der Waals surface area contributed by atoms with Gasteiger partial charge >= 0.3 is 0 Å². The Morgan fingerprint density at radius 2 is 1.77 bits per heavy atom. The third-order valence-corrected chi connectivity index (χ3v) is 6.12. The van der Waals surface area contributed by atoms with Crippen LogP contribution in [0, 0.1) is 0 Å². The molecule has 1 fully saturated rings. The molecule has 0 saturated carbocycles. The summed E-state index contributed by atoms with van der Waals surface area (Å²) in [6, 6.07) is 17.1. The van der Waals surface area contributed by atoms with E-state index in [2.05, 4.69) is 29.0 Å². The molecule has 1 amide bonds. The molecule has 0 aliphatic carbocycles. The van der Waals surface area contributed by atoms with Gasteiger partial charge in [0.15, 0.2) is 0 Å². The topological polar surface area (TPSA) is 66.5 Å². The van der Waals surface area contributed by atoms with Crippen molar-refractivity contribution in [3.63, 3.8) is 0 Å². The van der Waals surface area contributed by atoms with E-state index in [0.29, 0.717) is 30.3 Å². The van der Waals surface area contributed by atoms with Crippen molar-refractivity contribution in [2.24, 2.45) is 0 Å². The molecule has 6 heteroatoms. The second-order valence-electron chi connectivity index (χ2n) is 6.56. The van der Waals surface area contributed by atoms with Gasteiger partial charge in [0, 0.05) is 24.3 Å². The largest absolute Gasteiger partial charge is 0.339 e. The van der Waals surface area contributed by atoms with Crippen molar-refractivity contribution >= 4 is 21.6 Å². The Kier molecular flexibility index (Phi) is 5.61. The standard InChI is InChI=1S/C20H24N2O3S/c1-2-26(24,25)21-19-10-6-9-18(15-19)20(23)22-13-11-17(12-14-22)16-7-4-3-5-8-16/h3-10,15,17,21H,2,11-14H2,1H3. The van der Waals surface area contributed by atoms with Gasteiger partial charge in [0.2, 0.25) is 10.0 Å². The highest BCUT2D eigenvalue weighted by Gasteiger charge is 2.24. The molecule has 0 spiro atoms. The SMILES string of the molecule is CCS(=O)(=O)Nc1cccc(C(=O)N2CCC(c3ccccc3)CC2)c1. The summed E-state index contributed by atoms with van der Waals surface area (Å²) < 4.78 is 25.9. The predicted molar refractivity (Wildman–Crippen MR) is 104 cm³/mol. The summed E-state index contributed by atoms with van der Waals surface area (Å²) in [5.41, 5.74) is 2.27. The van der Waals surface area contributed by atoms with Crippen LogP contribution >= 0.6 is 0 Å². The fourth-order valence-corrected chi connectivity index (χ4v) is 3.92. The molecule has 0 bridgehead atoms. The van der Waals surface area contributed by atoms with E-state index in [1.165, 1.54) is 5.56 Å². The molecule has 26 heavy (non-hydrogen) atoms. The van der Waals surface area contributed by atoms with Crippen LogP contribution < -0.4 is 4.72 Å². The van der Waals surface area contributed by atoms with Crippen LogP contribution in [0.2, 0.25) is 0 Å². The van der Waals surface area contributed by atoms with Crippen LogP contribution in [0.5, 0.6) is 0 Å². The van der Waals surface area contributed by atoms with Gasteiger partial charge in [-0.3, -0.25) is 9.52 Å². The molecular formula is C20H24N2O3S. The summed E-state index contributed by atoms with van der Waals surface area (Å²) in [4.78, 5) is 14.6. The molecule has 3 rings (SSSR count). The van der Waals surface area contributed by atoms with Crippen molar-refractivity contribution in [3.05, 3.63) is 65.7 Å². The summed E-state index contributed by atoms with van der Waals surface area (Å²) in [7, 11) is -3.35. The fourth-order valence-electron chi connectivity index (χ4n) is 3.29. The van der Waals surface area contributed by atoms with Crippen molar-refractivity contribution < 1.29 is 13.2 Å². The number of hydrogen-bond acceptors (Lipinski definition) is 3. The van der Waals surface area contributed by atoms with Gasteiger partial charge in [-0.2, -0.15) is 0 Å². The molecule has 0 unspecified atom stereocenters. The first kappa shape index (κ1) is 18.5. The van der Waals surface area contributed by atoms with E-state index in [1.54, 1.807) is 31.2 Å². The highest BCUT2D eigenvalue weighted by Crippen LogP contribution is 2.28. The molecule has 0 atom stereocenters. The van der Waals surface area contributed by atoms with Gasteiger partial charge in [0.1, 0.15) is 0 Å². The number of hydrogen-bond donors (Lipinski definition) is 1. The normalized spacial score (nSPS) is 15.7. The molecule has 1 saturated heterocycles. The minimum Gasteiger partial charge on any atom is -0.339 e. The van der Waals surface area contributed by atoms with Crippen molar-refractivity contribution in [1.82, 2.24) is 4.90 Å². The lowest BCUT2D eigenvalue weighted by molar-refractivity contribution is 0.0713. The van der Waals surface area contributed by atoms with E-state index in [1.807, 2.05) is 11.0 Å². The molecule has 0 radical (unpaired) electrons. The number of sulfonamides is 1. The van der Waals surface area contributed by atoms with Gasteiger partial charge in [-0.05, 0) is 49.4 Å². The number of amides is 1. The number of carbonyl (C=O) groups excluding carboxylic acids is 1. The maximum Gasteiger partial charge on any atom is 0.253 e. The molecule has 138 valence electrons. The van der Waals surface area contributed by atoms with Gasteiger partial charge in [-0.25, -0.2) is 8.42 Å². The quantitative estimate of drug-likeness (QED) is 0.874. The zero-order chi connectivity index (χ0) is 18.6. The average molecular weight is 372 g/mol. The molecule has 0 aromatic heterocycles. The first-order valence-corrected chi connectivity index (χ1v) is 10.6. The number of nitrogens with one attached hydrogen (secondary N) is 1. The Morgan fingerprint density at radius 3 is 2.42 bits per heavy atom. The van der Waals surface area contributed by atoms with E-state index < -0.39 is 10.0 Å². The lowest BCUT2D eigenvalue weighted by Gasteiger charge is -2.32. The van der Waals surface area contributed by atoms with Crippen molar-refractivity contribution in [2.75, 3.05) is 23.6 Å². The maximum atomic E-state index is 12.8. The van der Waals surface area contributed by atoms with Crippen LogP contribution in [0.1, 0.15) is 41.6 Å². The van der Waals surface area contributed by atoms with Crippen LogP contribution in [0.3, 0.4) is 0 Å². The van der Waals surface area contributed by atoms with Crippen LogP contribution in [-0.2, 0) is 10.0 Å². The summed E-state index contributed by atoms with van der Waals surface area (Å²) >= 11 is 0. The van der Waals surface area contributed by atoms with Crippen LogP contribution in [0.15, 0.2) is 54.6 Å². The third-order valence-electron chi connectivity index (χ3n) is 4.82. The van der Waals surface area contributed by atoms with Gasteiger partial charge in [0.05, 0.1) is 5.75 Å². The van der Waals surface area contributed by atoms with E-state index >= 15 is 0 Å². The number of likely N-dealkylation sites (tertiary alicyclic amines) is 1. The summed E-state index contributed by atoms with van der Waals surface area (Å²) in [5.74, 6) is 0.440. The molecule has 2 aromatic carbocycles. The number of nitrogens with zero attached hydrogens (tertiary/aromatic N) is 1. The lowest BCUT2D eigenvalue weighted by Crippen LogP contribution is -2.37. The van der Waals surface area contributed by atoms with Gasteiger partial charge in [-0.1, -0.05) is 36.4 Å². The highest BCUT2D eigenvalue weighted by molar-refractivity contribution is 7.92. The molecule has 2 aromatic rings. The first-order chi connectivity index (χ1) is 12.5. The third kappa shape index (κ3) is 4.43. The summed E-state index contributed by atoms with van der Waals surface area (Å²) in [5, 5.41) is 0. The van der Waals surface area contributed by atoms with Crippen LogP contribution in [0.4, 0.5) is 5.69 Å². The average Bonchev–Trinajstić information content (AvgIpc) is 2.68. The predicted octanol–water partition coefficient (Wildman–Crippen LogP) is 3.47. The van der Waals surface area contributed by atoms with Crippen molar-refractivity contribution in [3.8, 4) is 0 Å². The van der Waals surface area contributed by atoms with E-state index in [0.717, 1.165) is 12.8 Å². The van der Waals surface area contributed by atoms with E-state index in [9.17, 15) is 13.2 Å². The molecule has 1 aliphatic rings. The van der Waals surface area contributed by atoms with Gasteiger partial charge < -0.3 is 4.90 Å². The van der Waals surface area contributed by atoms with Crippen molar-refractivity contribution in [2.45, 2.75) is 25.7 Å². The number of anilines is 1. The molecule has 1 N–H and O–H groups in total. The Morgan fingerprint density at radius 1 is 1.08 bits per heavy atom. The zero-order valence-corrected chi connectivity index (χ0v) is 15.7. The Labute approximate surface area is 155 Å². The minimum atomic E-state index is -3.35. The van der Waals surface area contributed by atoms with Crippen LogP contribution in [0.25, 0.3) is 0 Å². The van der Waals surface area contributed by atoms with E-state index in [-0.39, 0.29) is 11.7 Å². The second kappa shape index (κ2) is 7.91. The zero-order valence-electron chi connectivity index (χ0n) is 14.9. The molecular weight excluding hydrogens is 348 g/mol. The minimum absolute atomic E-state index is 0.00181. The lowest BCUT2D eigenvalue weighted by atomic mass is 9.89. The highest BCUT2D eigenvalue weighted by atomic mass is 32.2. The summed E-state index contributed by atoms with van der Waals surface area (Å²) in [6.45, 7) is 3.00. The van der Waals surface area contributed by atoms with Gasteiger partial charge in [0.25, 0.3) is 5.91 Å². The number of piperidine rings is 1.